The topological polar surface area (TPSA) is 44.4 Å². The van der Waals surface area contributed by atoms with E-state index in [1.54, 1.807) is 20.4 Å². The Bertz CT molecular complexity index is 522. The first kappa shape index (κ1) is 10.5. The van der Waals surface area contributed by atoms with E-state index in [9.17, 15) is 4.79 Å². The van der Waals surface area contributed by atoms with E-state index in [-0.39, 0.29) is 5.76 Å². The third kappa shape index (κ3) is 2.16. The molecule has 2 aromatic rings. The van der Waals surface area contributed by atoms with Crippen molar-refractivity contribution in [3.63, 3.8) is 0 Å². The van der Waals surface area contributed by atoms with Gasteiger partial charge in [-0.25, -0.2) is 4.79 Å². The molecule has 0 amide bonds. The summed E-state index contributed by atoms with van der Waals surface area (Å²) in [4.78, 5) is 11.1. The Morgan fingerprint density at radius 1 is 1.31 bits per heavy atom. The van der Waals surface area contributed by atoms with Crippen LogP contribution in [0.4, 0.5) is 0 Å². The van der Waals surface area contributed by atoms with Crippen LogP contribution in [-0.2, 0) is 13.5 Å². The van der Waals surface area contributed by atoms with Crippen molar-refractivity contribution in [3.05, 3.63) is 52.3 Å². The van der Waals surface area contributed by atoms with Gasteiger partial charge in [-0.3, -0.25) is 4.57 Å². The molecule has 1 heterocycles. The highest BCUT2D eigenvalue weighted by molar-refractivity contribution is 5.28. The number of rotatable bonds is 3. The fraction of sp³-hybridized carbons (Fsp3) is 0.250. The van der Waals surface area contributed by atoms with Gasteiger partial charge in [-0.05, 0) is 17.7 Å². The van der Waals surface area contributed by atoms with Crippen LogP contribution in [0.25, 0.3) is 0 Å². The largest absolute Gasteiger partial charge is 0.497 e. The average molecular weight is 219 g/mol. The lowest BCUT2D eigenvalue weighted by atomic mass is 10.1. The zero-order valence-corrected chi connectivity index (χ0v) is 9.27. The molecule has 0 spiro atoms. The second-order valence-corrected chi connectivity index (χ2v) is 3.60. The minimum absolute atomic E-state index is 0.330. The molecule has 1 aromatic carbocycles. The second kappa shape index (κ2) is 4.26. The van der Waals surface area contributed by atoms with Crippen molar-refractivity contribution in [1.82, 2.24) is 4.57 Å². The third-order valence-corrected chi connectivity index (χ3v) is 2.38. The van der Waals surface area contributed by atoms with E-state index < -0.39 is 0 Å². The SMILES string of the molecule is COc1ccc(Cc2cn(C)c(=O)o2)cc1. The summed E-state index contributed by atoms with van der Waals surface area (Å²) in [6, 6.07) is 7.67. The van der Waals surface area contributed by atoms with Crippen molar-refractivity contribution in [2.24, 2.45) is 7.05 Å². The number of ether oxygens (including phenoxy) is 1. The molecule has 2 rings (SSSR count). The molecule has 0 fully saturated rings. The van der Waals surface area contributed by atoms with Crippen molar-refractivity contribution in [1.29, 1.82) is 0 Å². The first-order chi connectivity index (χ1) is 7.69. The Morgan fingerprint density at radius 2 is 2.00 bits per heavy atom. The van der Waals surface area contributed by atoms with Crippen LogP contribution in [0, 0.1) is 0 Å². The zero-order chi connectivity index (χ0) is 11.5. The fourth-order valence-electron chi connectivity index (χ4n) is 1.51. The first-order valence-corrected chi connectivity index (χ1v) is 4.97. The van der Waals surface area contributed by atoms with E-state index in [4.69, 9.17) is 9.15 Å². The van der Waals surface area contributed by atoms with Crippen LogP contribution in [0.5, 0.6) is 5.75 Å². The smallest absolute Gasteiger partial charge is 0.418 e. The summed E-state index contributed by atoms with van der Waals surface area (Å²) in [7, 11) is 3.30. The van der Waals surface area contributed by atoms with Crippen LogP contribution in [0.1, 0.15) is 11.3 Å². The molecule has 16 heavy (non-hydrogen) atoms. The molecule has 0 saturated carbocycles. The Morgan fingerprint density at radius 3 is 2.50 bits per heavy atom. The van der Waals surface area contributed by atoms with Crippen molar-refractivity contribution >= 4 is 0 Å². The highest BCUT2D eigenvalue weighted by Crippen LogP contribution is 2.14. The summed E-state index contributed by atoms with van der Waals surface area (Å²) in [5.74, 6) is 1.15. The minimum Gasteiger partial charge on any atom is -0.497 e. The highest BCUT2D eigenvalue weighted by atomic mass is 16.5. The number of nitrogens with zero attached hydrogens (tertiary/aromatic N) is 1. The van der Waals surface area contributed by atoms with E-state index in [0.29, 0.717) is 12.2 Å². The molecule has 0 aliphatic carbocycles. The van der Waals surface area contributed by atoms with E-state index in [1.807, 2.05) is 24.3 Å². The quantitative estimate of drug-likeness (QED) is 0.787. The highest BCUT2D eigenvalue weighted by Gasteiger charge is 2.03. The lowest BCUT2D eigenvalue weighted by Gasteiger charge is -2.00. The standard InChI is InChI=1S/C12H13NO3/c1-13-8-11(16-12(13)14)7-9-3-5-10(15-2)6-4-9/h3-6,8H,7H2,1-2H3. The number of benzene rings is 1. The van der Waals surface area contributed by atoms with E-state index in [0.717, 1.165) is 11.3 Å². The Balaban J connectivity index is 2.17. The zero-order valence-electron chi connectivity index (χ0n) is 9.27. The van der Waals surface area contributed by atoms with Gasteiger partial charge in [-0.1, -0.05) is 12.1 Å². The maximum atomic E-state index is 11.1. The summed E-state index contributed by atoms with van der Waals surface area (Å²) < 4.78 is 11.5. The first-order valence-electron chi connectivity index (χ1n) is 4.97. The summed E-state index contributed by atoms with van der Waals surface area (Å²) in [5, 5.41) is 0. The van der Waals surface area contributed by atoms with Gasteiger partial charge in [-0.15, -0.1) is 0 Å². The molecule has 84 valence electrons. The molecule has 0 saturated heterocycles. The molecular formula is C12H13NO3. The number of methoxy groups -OCH3 is 1. The van der Waals surface area contributed by atoms with Crippen LogP contribution >= 0.6 is 0 Å². The summed E-state index contributed by atoms with van der Waals surface area (Å²) in [6.45, 7) is 0. The predicted octanol–water partition coefficient (Wildman–Crippen LogP) is 1.58. The van der Waals surface area contributed by atoms with Gasteiger partial charge in [0.2, 0.25) is 0 Å². The molecule has 0 aliphatic rings. The maximum Gasteiger partial charge on any atom is 0.418 e. The average Bonchev–Trinajstić information content (AvgIpc) is 2.59. The van der Waals surface area contributed by atoms with Crippen molar-refractivity contribution < 1.29 is 9.15 Å². The number of oxazole rings is 1. The van der Waals surface area contributed by atoms with Gasteiger partial charge in [0.25, 0.3) is 0 Å². The molecule has 1 aromatic heterocycles. The van der Waals surface area contributed by atoms with Gasteiger partial charge >= 0.3 is 5.76 Å². The van der Waals surface area contributed by atoms with Crippen LogP contribution in [0.2, 0.25) is 0 Å². The molecule has 0 radical (unpaired) electrons. The Hall–Kier alpha value is -1.97. The molecule has 0 aliphatic heterocycles. The summed E-state index contributed by atoms with van der Waals surface area (Å²) >= 11 is 0. The molecule has 0 unspecified atom stereocenters. The molecule has 0 N–H and O–H groups in total. The fourth-order valence-corrected chi connectivity index (χ4v) is 1.51. The minimum atomic E-state index is -0.330. The summed E-state index contributed by atoms with van der Waals surface area (Å²) in [5.41, 5.74) is 1.08. The van der Waals surface area contributed by atoms with Crippen molar-refractivity contribution in [3.8, 4) is 5.75 Å². The van der Waals surface area contributed by atoms with Gasteiger partial charge < -0.3 is 9.15 Å². The lowest BCUT2D eigenvalue weighted by Crippen LogP contribution is -2.07. The number of aryl methyl sites for hydroxylation is 1. The molecule has 0 bridgehead atoms. The lowest BCUT2D eigenvalue weighted by molar-refractivity contribution is 0.414. The second-order valence-electron chi connectivity index (χ2n) is 3.60. The van der Waals surface area contributed by atoms with Crippen molar-refractivity contribution in [2.45, 2.75) is 6.42 Å². The van der Waals surface area contributed by atoms with E-state index in [1.165, 1.54) is 4.57 Å². The Labute approximate surface area is 93.1 Å². The van der Waals surface area contributed by atoms with Gasteiger partial charge in [0.05, 0.1) is 7.11 Å². The van der Waals surface area contributed by atoms with Crippen molar-refractivity contribution in [2.75, 3.05) is 7.11 Å². The Kier molecular flexibility index (Phi) is 2.81. The number of hydrogen-bond donors (Lipinski definition) is 0. The monoisotopic (exact) mass is 219 g/mol. The van der Waals surface area contributed by atoms with E-state index >= 15 is 0 Å². The van der Waals surface area contributed by atoms with Gasteiger partial charge in [-0.2, -0.15) is 0 Å². The maximum absolute atomic E-state index is 11.1. The van der Waals surface area contributed by atoms with Crippen LogP contribution in [0.3, 0.4) is 0 Å². The number of aromatic nitrogens is 1. The van der Waals surface area contributed by atoms with Gasteiger partial charge in [0.1, 0.15) is 11.5 Å². The molecule has 4 heteroatoms. The molecule has 4 nitrogen and oxygen atoms in total. The van der Waals surface area contributed by atoms with E-state index in [2.05, 4.69) is 0 Å². The third-order valence-electron chi connectivity index (χ3n) is 2.38. The number of hydrogen-bond acceptors (Lipinski definition) is 3. The van der Waals surface area contributed by atoms with Crippen LogP contribution < -0.4 is 10.5 Å². The van der Waals surface area contributed by atoms with Crippen LogP contribution in [-0.4, -0.2) is 11.7 Å². The van der Waals surface area contributed by atoms with Gasteiger partial charge in [0.15, 0.2) is 0 Å². The van der Waals surface area contributed by atoms with Crippen LogP contribution in [0.15, 0.2) is 39.7 Å². The predicted molar refractivity (Wildman–Crippen MR) is 59.7 cm³/mol. The summed E-state index contributed by atoms with van der Waals surface area (Å²) in [6.07, 6.45) is 2.31. The molecule has 0 atom stereocenters. The molecular weight excluding hydrogens is 206 g/mol. The normalized spacial score (nSPS) is 10.4. The van der Waals surface area contributed by atoms with Gasteiger partial charge in [0, 0.05) is 19.7 Å².